The summed E-state index contributed by atoms with van der Waals surface area (Å²) < 4.78 is 0.849. The molecular formula is C11H8BrN5. The van der Waals surface area contributed by atoms with Crippen LogP contribution in [0.25, 0.3) is 0 Å². The maximum Gasteiger partial charge on any atom is 0.221 e. The highest BCUT2D eigenvalue weighted by Gasteiger charge is 2.04. The quantitative estimate of drug-likeness (QED) is 0.887. The molecular weight excluding hydrogens is 282 g/mol. The maximum atomic E-state index is 9.01. The highest BCUT2D eigenvalue weighted by molar-refractivity contribution is 9.10. The van der Waals surface area contributed by atoms with Crippen molar-refractivity contribution in [1.29, 1.82) is 5.26 Å². The van der Waals surface area contributed by atoms with Gasteiger partial charge in [0.1, 0.15) is 11.9 Å². The Balaban J connectivity index is 2.34. The molecule has 5 nitrogen and oxygen atoms in total. The number of benzene rings is 1. The van der Waals surface area contributed by atoms with Crippen molar-refractivity contribution in [3.8, 4) is 6.07 Å². The van der Waals surface area contributed by atoms with Crippen LogP contribution in [0.5, 0.6) is 0 Å². The largest absolute Gasteiger partial charge is 0.368 e. The number of nitriles is 1. The Hall–Kier alpha value is -2.13. The number of hydrogen-bond donors (Lipinski definition) is 2. The number of nitrogens with zero attached hydrogens (tertiary/aromatic N) is 3. The number of nitrogens with two attached hydrogens (primary N) is 1. The van der Waals surface area contributed by atoms with Crippen molar-refractivity contribution in [1.82, 2.24) is 9.97 Å². The summed E-state index contributed by atoms with van der Waals surface area (Å²) in [4.78, 5) is 7.79. The molecule has 0 saturated heterocycles. The third-order valence-electron chi connectivity index (χ3n) is 2.04. The van der Waals surface area contributed by atoms with E-state index in [1.165, 1.54) is 0 Å². The van der Waals surface area contributed by atoms with E-state index in [0.717, 1.165) is 4.47 Å². The minimum Gasteiger partial charge on any atom is -0.368 e. The standard InChI is InChI=1S/C11H8BrN5/c12-8-1-2-9(7(5-8)6-13)16-10-3-4-15-11(14)17-10/h1-5H,(H3,14,15,16,17). The fourth-order valence-electron chi connectivity index (χ4n) is 1.30. The van der Waals surface area contributed by atoms with Crippen LogP contribution in [0.2, 0.25) is 0 Å². The number of anilines is 3. The zero-order chi connectivity index (χ0) is 12.3. The van der Waals surface area contributed by atoms with Gasteiger partial charge in [-0.2, -0.15) is 10.2 Å². The lowest BCUT2D eigenvalue weighted by atomic mass is 10.2. The van der Waals surface area contributed by atoms with Crippen LogP contribution in [0, 0.1) is 11.3 Å². The van der Waals surface area contributed by atoms with E-state index < -0.39 is 0 Å². The van der Waals surface area contributed by atoms with E-state index in [1.54, 1.807) is 24.4 Å². The number of halogens is 1. The van der Waals surface area contributed by atoms with Crippen molar-refractivity contribution in [2.45, 2.75) is 0 Å². The smallest absolute Gasteiger partial charge is 0.221 e. The molecule has 0 amide bonds. The van der Waals surface area contributed by atoms with Crippen molar-refractivity contribution in [2.75, 3.05) is 11.1 Å². The predicted octanol–water partition coefficient (Wildman–Crippen LogP) is 2.44. The third kappa shape index (κ3) is 2.71. The molecule has 3 N–H and O–H groups in total. The lowest BCUT2D eigenvalue weighted by molar-refractivity contribution is 1.18. The first-order chi connectivity index (χ1) is 8.19. The van der Waals surface area contributed by atoms with Gasteiger partial charge in [0.2, 0.25) is 5.95 Å². The van der Waals surface area contributed by atoms with Gasteiger partial charge in [-0.1, -0.05) is 15.9 Å². The van der Waals surface area contributed by atoms with E-state index in [2.05, 4.69) is 37.3 Å². The molecule has 1 aromatic carbocycles. The maximum absolute atomic E-state index is 9.01. The first kappa shape index (κ1) is 11.4. The molecule has 0 aliphatic heterocycles. The zero-order valence-electron chi connectivity index (χ0n) is 8.68. The lowest BCUT2D eigenvalue weighted by Gasteiger charge is -2.07. The SMILES string of the molecule is N#Cc1cc(Br)ccc1Nc1ccnc(N)n1. The zero-order valence-corrected chi connectivity index (χ0v) is 10.3. The van der Waals surface area contributed by atoms with Crippen LogP contribution in [-0.2, 0) is 0 Å². The molecule has 0 bridgehead atoms. The summed E-state index contributed by atoms with van der Waals surface area (Å²) in [6.45, 7) is 0. The van der Waals surface area contributed by atoms with Gasteiger partial charge in [0.05, 0.1) is 11.3 Å². The highest BCUT2D eigenvalue weighted by Crippen LogP contribution is 2.23. The van der Waals surface area contributed by atoms with Gasteiger partial charge in [0.15, 0.2) is 0 Å². The van der Waals surface area contributed by atoms with E-state index in [-0.39, 0.29) is 5.95 Å². The molecule has 0 aliphatic rings. The van der Waals surface area contributed by atoms with Crippen molar-refractivity contribution in [3.05, 3.63) is 40.5 Å². The van der Waals surface area contributed by atoms with Gasteiger partial charge in [-0.05, 0) is 24.3 Å². The first-order valence-electron chi connectivity index (χ1n) is 4.74. The molecule has 1 heterocycles. The normalized spacial score (nSPS) is 9.65. The lowest BCUT2D eigenvalue weighted by Crippen LogP contribution is -2.00. The summed E-state index contributed by atoms with van der Waals surface area (Å²) in [5, 5.41) is 12.0. The summed E-state index contributed by atoms with van der Waals surface area (Å²) in [6.07, 6.45) is 1.55. The Bertz CT molecular complexity index is 591. The van der Waals surface area contributed by atoms with Gasteiger partial charge in [-0.25, -0.2) is 4.98 Å². The number of nitrogens with one attached hydrogen (secondary N) is 1. The Morgan fingerprint density at radius 1 is 1.35 bits per heavy atom. The van der Waals surface area contributed by atoms with Gasteiger partial charge in [-0.3, -0.25) is 0 Å². The van der Waals surface area contributed by atoms with Crippen LogP contribution in [0.4, 0.5) is 17.5 Å². The molecule has 0 aliphatic carbocycles. The predicted molar refractivity (Wildman–Crippen MR) is 68.6 cm³/mol. The van der Waals surface area contributed by atoms with Crippen molar-refractivity contribution < 1.29 is 0 Å². The second-order valence-corrected chi connectivity index (χ2v) is 4.14. The second-order valence-electron chi connectivity index (χ2n) is 3.23. The summed E-state index contributed by atoms with van der Waals surface area (Å²) >= 11 is 3.31. The van der Waals surface area contributed by atoms with Crippen LogP contribution in [-0.4, -0.2) is 9.97 Å². The Kier molecular flexibility index (Phi) is 3.21. The van der Waals surface area contributed by atoms with E-state index >= 15 is 0 Å². The highest BCUT2D eigenvalue weighted by atomic mass is 79.9. The van der Waals surface area contributed by atoms with Gasteiger partial charge < -0.3 is 11.1 Å². The van der Waals surface area contributed by atoms with Crippen LogP contribution in [0.3, 0.4) is 0 Å². The van der Waals surface area contributed by atoms with E-state index in [4.69, 9.17) is 11.0 Å². The molecule has 0 saturated carbocycles. The van der Waals surface area contributed by atoms with Crippen LogP contribution >= 0.6 is 15.9 Å². The number of rotatable bonds is 2. The summed E-state index contributed by atoms with van der Waals surface area (Å²) in [5.74, 6) is 0.738. The third-order valence-corrected chi connectivity index (χ3v) is 2.53. The molecule has 0 atom stereocenters. The van der Waals surface area contributed by atoms with Crippen LogP contribution < -0.4 is 11.1 Å². The van der Waals surface area contributed by atoms with E-state index in [0.29, 0.717) is 17.1 Å². The molecule has 0 fully saturated rings. The van der Waals surface area contributed by atoms with E-state index in [9.17, 15) is 0 Å². The fourth-order valence-corrected chi connectivity index (χ4v) is 1.66. The number of nitrogen functional groups attached to an aromatic ring is 1. The fraction of sp³-hybridized carbons (Fsp3) is 0. The molecule has 0 spiro atoms. The average Bonchev–Trinajstić information content (AvgIpc) is 2.31. The Morgan fingerprint density at radius 3 is 2.88 bits per heavy atom. The Labute approximate surface area is 106 Å². The van der Waals surface area contributed by atoms with Crippen LogP contribution in [0.1, 0.15) is 5.56 Å². The first-order valence-corrected chi connectivity index (χ1v) is 5.53. The van der Waals surface area contributed by atoms with Crippen molar-refractivity contribution >= 4 is 33.4 Å². The molecule has 1 aromatic heterocycles. The van der Waals surface area contributed by atoms with Gasteiger partial charge in [0.25, 0.3) is 0 Å². The molecule has 0 unspecified atom stereocenters. The number of hydrogen-bond acceptors (Lipinski definition) is 5. The molecule has 6 heteroatoms. The van der Waals surface area contributed by atoms with Gasteiger partial charge in [-0.15, -0.1) is 0 Å². The monoisotopic (exact) mass is 289 g/mol. The summed E-state index contributed by atoms with van der Waals surface area (Å²) in [6, 6.07) is 9.15. The molecule has 84 valence electrons. The Morgan fingerprint density at radius 2 is 2.18 bits per heavy atom. The van der Waals surface area contributed by atoms with Gasteiger partial charge >= 0.3 is 0 Å². The van der Waals surface area contributed by atoms with Crippen LogP contribution in [0.15, 0.2) is 34.9 Å². The van der Waals surface area contributed by atoms with Crippen molar-refractivity contribution in [2.24, 2.45) is 0 Å². The van der Waals surface area contributed by atoms with Crippen molar-refractivity contribution in [3.63, 3.8) is 0 Å². The summed E-state index contributed by atoms with van der Waals surface area (Å²) in [7, 11) is 0. The topological polar surface area (TPSA) is 87.6 Å². The minimum atomic E-state index is 0.186. The molecule has 17 heavy (non-hydrogen) atoms. The molecule has 2 aromatic rings. The van der Waals surface area contributed by atoms with E-state index in [1.807, 2.05) is 6.07 Å². The number of aromatic nitrogens is 2. The second kappa shape index (κ2) is 4.80. The average molecular weight is 290 g/mol. The van der Waals surface area contributed by atoms with Gasteiger partial charge in [0, 0.05) is 10.7 Å². The summed E-state index contributed by atoms with van der Waals surface area (Å²) in [5.41, 5.74) is 6.67. The molecule has 0 radical (unpaired) electrons. The minimum absolute atomic E-state index is 0.186. The molecule has 2 rings (SSSR count).